The Hall–Kier alpha value is -3.05. The summed E-state index contributed by atoms with van der Waals surface area (Å²) < 4.78 is 45.6. The minimum absolute atomic E-state index is 0.263. The van der Waals surface area contributed by atoms with Crippen LogP contribution in [0.25, 0.3) is 11.1 Å². The minimum Gasteiger partial charge on any atom is -0.492 e. The Bertz CT molecular complexity index is 1270. The molecule has 5 rings (SSSR count). The molecule has 1 N–H and O–H groups in total. The summed E-state index contributed by atoms with van der Waals surface area (Å²) in [6.07, 6.45) is -1.98. The molecule has 1 aromatic heterocycles. The molecule has 8 heteroatoms. The highest BCUT2D eigenvalue weighted by Gasteiger charge is 2.60. The van der Waals surface area contributed by atoms with E-state index in [1.807, 2.05) is 60.7 Å². The Morgan fingerprint density at radius 3 is 2.19 bits per heavy atom. The van der Waals surface area contributed by atoms with Gasteiger partial charge in [-0.3, -0.25) is 4.90 Å². The molecule has 2 bridgehead atoms. The Morgan fingerprint density at radius 2 is 1.59 bits per heavy atom. The van der Waals surface area contributed by atoms with Gasteiger partial charge in [0.25, 0.3) is 0 Å². The summed E-state index contributed by atoms with van der Waals surface area (Å²) in [5, 5.41) is 10.8. The second-order valence-electron chi connectivity index (χ2n) is 9.62. The van der Waals surface area contributed by atoms with Crippen LogP contribution >= 0.6 is 11.6 Å². The minimum atomic E-state index is -4.59. The highest BCUT2D eigenvalue weighted by molar-refractivity contribution is 6.30. The molecule has 3 aromatic rings. The molecule has 0 saturated carbocycles. The normalized spacial score (nSPS) is 23.4. The van der Waals surface area contributed by atoms with E-state index in [0.717, 1.165) is 16.7 Å². The first-order valence-corrected chi connectivity index (χ1v) is 12.6. The fourth-order valence-electron chi connectivity index (χ4n) is 5.23. The van der Waals surface area contributed by atoms with Crippen LogP contribution in [0.1, 0.15) is 36.9 Å². The van der Waals surface area contributed by atoms with Gasteiger partial charge in [-0.2, -0.15) is 13.2 Å². The quantitative estimate of drug-likeness (QED) is 0.408. The van der Waals surface area contributed by atoms with Gasteiger partial charge in [0.2, 0.25) is 0 Å². The van der Waals surface area contributed by atoms with Gasteiger partial charge in [0, 0.05) is 53.8 Å². The van der Waals surface area contributed by atoms with Gasteiger partial charge in [-0.15, -0.1) is 0 Å². The number of benzene rings is 2. The molecule has 2 aromatic carbocycles. The van der Waals surface area contributed by atoms with Crippen molar-refractivity contribution < 1.29 is 23.0 Å². The predicted molar refractivity (Wildman–Crippen MR) is 136 cm³/mol. The molecule has 0 radical (unpaired) electrons. The fraction of sp³-hybridized carbons (Fsp3) is 0.345. The van der Waals surface area contributed by atoms with Crippen molar-refractivity contribution in [3.05, 3.63) is 83.1 Å². The van der Waals surface area contributed by atoms with Gasteiger partial charge in [0.1, 0.15) is 18.1 Å². The molecule has 3 heterocycles. The molecule has 0 aliphatic carbocycles. The monoisotopic (exact) mass is 526 g/mol. The van der Waals surface area contributed by atoms with Crippen molar-refractivity contribution in [2.24, 2.45) is 0 Å². The SMILES string of the molecule is O[C@@]1(C(F)(F)F)C[C@H]2CC[C@@H](C1)N2CCOc1ccc(C#Cc2ccc(-c3ccc(Cl)cc3)cn2)cc1. The number of ether oxygens (including phenoxy) is 1. The summed E-state index contributed by atoms with van der Waals surface area (Å²) in [5.41, 5.74) is 0.921. The number of nitrogens with zero attached hydrogens (tertiary/aromatic N) is 2. The molecule has 2 fully saturated rings. The Balaban J connectivity index is 1.12. The molecule has 0 unspecified atom stereocenters. The van der Waals surface area contributed by atoms with Crippen molar-refractivity contribution in [2.75, 3.05) is 13.2 Å². The molecule has 3 atom stereocenters. The Labute approximate surface area is 219 Å². The zero-order valence-electron chi connectivity index (χ0n) is 20.0. The van der Waals surface area contributed by atoms with Gasteiger partial charge in [-0.25, -0.2) is 4.98 Å². The lowest BCUT2D eigenvalue weighted by Crippen LogP contribution is -2.58. The van der Waals surface area contributed by atoms with Crippen molar-refractivity contribution >= 4 is 11.6 Å². The Kier molecular flexibility index (Phi) is 7.17. The number of aromatic nitrogens is 1. The van der Waals surface area contributed by atoms with Gasteiger partial charge < -0.3 is 9.84 Å². The standard InChI is InChI=1S/C29H26ClF3N2O2/c30-23-7-4-21(5-8-23)22-6-10-24(34-19-22)9-1-20-2-13-27(14-3-20)37-16-15-35-25-11-12-26(35)18-28(36,17-25)29(31,32)33/h2-8,10,13-14,19,25-26,36H,11-12,15-18H2/t25-,26+,28+. The average molecular weight is 527 g/mol. The van der Waals surface area contributed by atoms with Gasteiger partial charge in [-0.05, 0) is 66.8 Å². The van der Waals surface area contributed by atoms with Crippen molar-refractivity contribution in [2.45, 2.75) is 49.5 Å². The third-order valence-electron chi connectivity index (χ3n) is 7.19. The van der Waals surface area contributed by atoms with Crippen LogP contribution in [-0.4, -0.2) is 52.0 Å². The highest BCUT2D eigenvalue weighted by Crippen LogP contribution is 2.47. The van der Waals surface area contributed by atoms with Gasteiger partial charge in [0.15, 0.2) is 5.60 Å². The predicted octanol–water partition coefficient (Wildman–Crippen LogP) is 6.10. The number of fused-ring (bicyclic) bond motifs is 2. The fourth-order valence-corrected chi connectivity index (χ4v) is 5.36. The van der Waals surface area contributed by atoms with E-state index in [9.17, 15) is 18.3 Å². The summed E-state index contributed by atoms with van der Waals surface area (Å²) in [5.74, 6) is 6.82. The summed E-state index contributed by atoms with van der Waals surface area (Å²) >= 11 is 5.94. The topological polar surface area (TPSA) is 45.6 Å². The largest absolute Gasteiger partial charge is 0.492 e. The average Bonchev–Trinajstić information content (AvgIpc) is 3.12. The Morgan fingerprint density at radius 1 is 0.946 bits per heavy atom. The van der Waals surface area contributed by atoms with Gasteiger partial charge >= 0.3 is 6.18 Å². The maximum atomic E-state index is 13.3. The summed E-state index contributed by atoms with van der Waals surface area (Å²) in [4.78, 5) is 6.48. The first kappa shape index (κ1) is 25.6. The molecule has 37 heavy (non-hydrogen) atoms. The van der Waals surface area contributed by atoms with E-state index in [1.165, 1.54) is 0 Å². The molecule has 4 nitrogen and oxygen atoms in total. The van der Waals surface area contributed by atoms with Crippen LogP contribution in [0.5, 0.6) is 5.75 Å². The number of hydrogen-bond donors (Lipinski definition) is 1. The van der Waals surface area contributed by atoms with Gasteiger partial charge in [0.05, 0.1) is 0 Å². The molecule has 2 aliphatic heterocycles. The lowest BCUT2D eigenvalue weighted by atomic mass is 9.85. The zero-order valence-corrected chi connectivity index (χ0v) is 20.8. The van der Waals surface area contributed by atoms with Crippen LogP contribution < -0.4 is 4.74 Å². The van der Waals surface area contributed by atoms with E-state index in [-0.39, 0.29) is 24.9 Å². The number of alkyl halides is 3. The van der Waals surface area contributed by atoms with Crippen molar-refractivity contribution in [1.82, 2.24) is 9.88 Å². The number of rotatable bonds is 5. The third-order valence-corrected chi connectivity index (χ3v) is 7.45. The van der Waals surface area contributed by atoms with Crippen LogP contribution in [0.15, 0.2) is 66.9 Å². The van der Waals surface area contributed by atoms with Crippen molar-refractivity contribution in [1.29, 1.82) is 0 Å². The van der Waals surface area contributed by atoms with E-state index in [0.29, 0.717) is 42.5 Å². The van der Waals surface area contributed by atoms with E-state index in [4.69, 9.17) is 16.3 Å². The number of halogens is 4. The van der Waals surface area contributed by atoms with E-state index < -0.39 is 11.8 Å². The number of aliphatic hydroxyl groups is 1. The van der Waals surface area contributed by atoms with E-state index >= 15 is 0 Å². The van der Waals surface area contributed by atoms with Crippen LogP contribution in [0.4, 0.5) is 13.2 Å². The molecular formula is C29H26ClF3N2O2. The summed E-state index contributed by atoms with van der Waals surface area (Å²) in [6, 6.07) is 18.3. The second-order valence-corrected chi connectivity index (χ2v) is 10.1. The molecule has 2 aliphatic rings. The number of hydrogen-bond acceptors (Lipinski definition) is 4. The molecular weight excluding hydrogens is 501 g/mol. The summed E-state index contributed by atoms with van der Waals surface area (Å²) in [6.45, 7) is 0.898. The lowest BCUT2D eigenvalue weighted by molar-refractivity contribution is -0.279. The smallest absolute Gasteiger partial charge is 0.417 e. The molecule has 0 spiro atoms. The van der Waals surface area contributed by atoms with Crippen LogP contribution in [0.2, 0.25) is 5.02 Å². The van der Waals surface area contributed by atoms with E-state index in [2.05, 4.69) is 21.7 Å². The first-order valence-electron chi connectivity index (χ1n) is 12.2. The third kappa shape index (κ3) is 5.77. The van der Waals surface area contributed by atoms with Gasteiger partial charge in [-0.1, -0.05) is 35.7 Å². The van der Waals surface area contributed by atoms with Crippen LogP contribution in [0, 0.1) is 11.8 Å². The molecule has 0 amide bonds. The van der Waals surface area contributed by atoms with Crippen LogP contribution in [0.3, 0.4) is 0 Å². The molecule has 192 valence electrons. The zero-order chi connectivity index (χ0) is 26.0. The summed E-state index contributed by atoms with van der Waals surface area (Å²) in [7, 11) is 0. The second kappa shape index (κ2) is 10.4. The maximum absolute atomic E-state index is 13.3. The lowest BCUT2D eigenvalue weighted by Gasteiger charge is -2.44. The first-order chi connectivity index (χ1) is 17.7. The highest BCUT2D eigenvalue weighted by atomic mass is 35.5. The van der Waals surface area contributed by atoms with E-state index in [1.54, 1.807) is 6.20 Å². The number of piperidine rings is 1. The maximum Gasteiger partial charge on any atom is 0.417 e. The molecule has 2 saturated heterocycles. The van der Waals surface area contributed by atoms with Crippen molar-refractivity contribution in [3.8, 4) is 28.7 Å². The number of pyridine rings is 1. The van der Waals surface area contributed by atoms with Crippen molar-refractivity contribution in [3.63, 3.8) is 0 Å². The van der Waals surface area contributed by atoms with Crippen LogP contribution in [-0.2, 0) is 0 Å².